The molecule has 2 N–H and O–H groups in total. The van der Waals surface area contributed by atoms with E-state index in [1.165, 1.54) is 12.1 Å². The molecule has 6 heteroatoms. The van der Waals surface area contributed by atoms with E-state index in [1.807, 2.05) is 6.92 Å². The van der Waals surface area contributed by atoms with Crippen molar-refractivity contribution >= 4 is 29.0 Å². The van der Waals surface area contributed by atoms with Gasteiger partial charge in [0, 0.05) is 6.54 Å². The first-order valence-corrected chi connectivity index (χ1v) is 6.96. The van der Waals surface area contributed by atoms with Gasteiger partial charge in [0.05, 0.1) is 10.7 Å². The van der Waals surface area contributed by atoms with Crippen molar-refractivity contribution in [2.45, 2.75) is 13.3 Å². The van der Waals surface area contributed by atoms with Crippen LogP contribution in [0.1, 0.15) is 23.8 Å². The first-order valence-electron chi connectivity index (χ1n) is 6.58. The summed E-state index contributed by atoms with van der Waals surface area (Å²) < 4.78 is 13.5. The van der Waals surface area contributed by atoms with Gasteiger partial charge in [-0.1, -0.05) is 30.7 Å². The van der Waals surface area contributed by atoms with Crippen molar-refractivity contribution in [3.63, 3.8) is 0 Å². The number of amides is 1. The molecule has 1 aromatic heterocycles. The SMILES string of the molecule is CCCNc1ccc(Cl)c(C(=O)Nc2ccccc2F)n1. The van der Waals surface area contributed by atoms with Gasteiger partial charge in [0.2, 0.25) is 0 Å². The monoisotopic (exact) mass is 307 g/mol. The van der Waals surface area contributed by atoms with Crippen molar-refractivity contribution in [2.75, 3.05) is 17.2 Å². The summed E-state index contributed by atoms with van der Waals surface area (Å²) >= 11 is 5.99. The Morgan fingerprint density at radius 1 is 1.29 bits per heavy atom. The summed E-state index contributed by atoms with van der Waals surface area (Å²) in [6, 6.07) is 9.20. The van der Waals surface area contributed by atoms with E-state index in [2.05, 4.69) is 15.6 Å². The molecule has 4 nitrogen and oxygen atoms in total. The van der Waals surface area contributed by atoms with E-state index in [0.29, 0.717) is 5.82 Å². The van der Waals surface area contributed by atoms with Gasteiger partial charge in [-0.25, -0.2) is 9.37 Å². The molecule has 0 atom stereocenters. The van der Waals surface area contributed by atoms with Crippen molar-refractivity contribution in [3.8, 4) is 0 Å². The van der Waals surface area contributed by atoms with Crippen molar-refractivity contribution in [1.82, 2.24) is 4.98 Å². The molecule has 1 aromatic carbocycles. The van der Waals surface area contributed by atoms with Crippen LogP contribution in [-0.4, -0.2) is 17.4 Å². The Morgan fingerprint density at radius 3 is 2.76 bits per heavy atom. The van der Waals surface area contributed by atoms with Gasteiger partial charge in [0.25, 0.3) is 5.91 Å². The molecule has 110 valence electrons. The van der Waals surface area contributed by atoms with Crippen LogP contribution in [0.3, 0.4) is 0 Å². The molecule has 0 saturated carbocycles. The molecule has 2 aromatic rings. The van der Waals surface area contributed by atoms with E-state index in [0.717, 1.165) is 13.0 Å². The highest BCUT2D eigenvalue weighted by atomic mass is 35.5. The van der Waals surface area contributed by atoms with E-state index < -0.39 is 11.7 Å². The molecule has 21 heavy (non-hydrogen) atoms. The molecule has 0 aliphatic carbocycles. The Hall–Kier alpha value is -2.14. The average Bonchev–Trinajstić information content (AvgIpc) is 2.48. The largest absolute Gasteiger partial charge is 0.370 e. The fraction of sp³-hybridized carbons (Fsp3) is 0.200. The second-order valence-electron chi connectivity index (χ2n) is 4.39. The molecule has 2 rings (SSSR count). The minimum atomic E-state index is -0.551. The molecular formula is C15H15ClFN3O. The van der Waals surface area contributed by atoms with E-state index in [4.69, 9.17) is 11.6 Å². The highest BCUT2D eigenvalue weighted by Crippen LogP contribution is 2.19. The summed E-state index contributed by atoms with van der Waals surface area (Å²) in [6.07, 6.45) is 0.932. The predicted molar refractivity (Wildman–Crippen MR) is 82.4 cm³/mol. The third-order valence-corrected chi connectivity index (χ3v) is 3.04. The van der Waals surface area contributed by atoms with Crippen LogP contribution in [0.5, 0.6) is 0 Å². The highest BCUT2D eigenvalue weighted by molar-refractivity contribution is 6.34. The van der Waals surface area contributed by atoms with Gasteiger partial charge in [-0.15, -0.1) is 0 Å². The van der Waals surface area contributed by atoms with E-state index in [-0.39, 0.29) is 16.4 Å². The number of nitrogens with zero attached hydrogens (tertiary/aromatic N) is 1. The standard InChI is InChI=1S/C15H15ClFN3O/c1-2-9-18-13-8-7-10(16)14(20-13)15(21)19-12-6-4-3-5-11(12)17/h3-8H,2,9H2,1H3,(H,18,20)(H,19,21). The quantitative estimate of drug-likeness (QED) is 0.879. The number of para-hydroxylation sites is 1. The predicted octanol–water partition coefficient (Wildman–Crippen LogP) is 3.95. The zero-order valence-electron chi connectivity index (χ0n) is 11.5. The number of carbonyl (C=O) groups is 1. The second kappa shape index (κ2) is 7.04. The van der Waals surface area contributed by atoms with Crippen molar-refractivity contribution in [3.05, 3.63) is 52.9 Å². The first kappa shape index (κ1) is 15.3. The van der Waals surface area contributed by atoms with Gasteiger partial charge in [0.15, 0.2) is 0 Å². The fourth-order valence-electron chi connectivity index (χ4n) is 1.70. The highest BCUT2D eigenvalue weighted by Gasteiger charge is 2.15. The molecular weight excluding hydrogens is 293 g/mol. The maximum atomic E-state index is 13.5. The summed E-state index contributed by atoms with van der Waals surface area (Å²) in [5.41, 5.74) is 0.147. The number of rotatable bonds is 5. The van der Waals surface area contributed by atoms with Crippen LogP contribution in [0.25, 0.3) is 0 Å². The summed E-state index contributed by atoms with van der Waals surface area (Å²) in [5, 5.41) is 5.74. The number of aromatic nitrogens is 1. The summed E-state index contributed by atoms with van der Waals surface area (Å²) in [7, 11) is 0. The van der Waals surface area contributed by atoms with Crippen LogP contribution in [-0.2, 0) is 0 Å². The lowest BCUT2D eigenvalue weighted by Gasteiger charge is -2.09. The van der Waals surface area contributed by atoms with Crippen molar-refractivity contribution in [2.24, 2.45) is 0 Å². The van der Waals surface area contributed by atoms with Gasteiger partial charge < -0.3 is 10.6 Å². The topological polar surface area (TPSA) is 54.0 Å². The van der Waals surface area contributed by atoms with Crippen LogP contribution < -0.4 is 10.6 Å². The molecule has 0 aliphatic rings. The first-order chi connectivity index (χ1) is 10.1. The zero-order chi connectivity index (χ0) is 15.2. The molecule has 0 aliphatic heterocycles. The van der Waals surface area contributed by atoms with Crippen molar-refractivity contribution < 1.29 is 9.18 Å². The maximum Gasteiger partial charge on any atom is 0.275 e. The number of pyridine rings is 1. The number of benzene rings is 1. The van der Waals surface area contributed by atoms with E-state index >= 15 is 0 Å². The second-order valence-corrected chi connectivity index (χ2v) is 4.79. The molecule has 0 spiro atoms. The normalized spacial score (nSPS) is 10.2. The lowest BCUT2D eigenvalue weighted by molar-refractivity contribution is 0.102. The average molecular weight is 308 g/mol. The Labute approximate surface area is 127 Å². The Balaban J connectivity index is 2.20. The van der Waals surface area contributed by atoms with Gasteiger partial charge in [0.1, 0.15) is 17.3 Å². The van der Waals surface area contributed by atoms with E-state index in [1.54, 1.807) is 24.3 Å². The number of hydrogen-bond donors (Lipinski definition) is 2. The number of hydrogen-bond acceptors (Lipinski definition) is 3. The van der Waals surface area contributed by atoms with Crippen LogP contribution in [0.15, 0.2) is 36.4 Å². The minimum absolute atomic E-state index is 0.0565. The Kier molecular flexibility index (Phi) is 5.11. The third kappa shape index (κ3) is 3.92. The Bertz CT molecular complexity index is 649. The Morgan fingerprint density at radius 2 is 2.05 bits per heavy atom. The smallest absolute Gasteiger partial charge is 0.275 e. The van der Waals surface area contributed by atoms with Crippen LogP contribution in [0.2, 0.25) is 5.02 Å². The molecule has 0 unspecified atom stereocenters. The van der Waals surface area contributed by atoms with Gasteiger partial charge >= 0.3 is 0 Å². The van der Waals surface area contributed by atoms with Crippen LogP contribution >= 0.6 is 11.6 Å². The molecule has 1 heterocycles. The van der Waals surface area contributed by atoms with Crippen LogP contribution in [0.4, 0.5) is 15.9 Å². The summed E-state index contributed by atoms with van der Waals surface area (Å²) in [4.78, 5) is 16.3. The third-order valence-electron chi connectivity index (χ3n) is 2.74. The molecule has 0 saturated heterocycles. The molecule has 0 bridgehead atoms. The van der Waals surface area contributed by atoms with E-state index in [9.17, 15) is 9.18 Å². The molecule has 1 amide bonds. The summed E-state index contributed by atoms with van der Waals surface area (Å²) in [6.45, 7) is 2.76. The zero-order valence-corrected chi connectivity index (χ0v) is 12.2. The lowest BCUT2D eigenvalue weighted by Crippen LogP contribution is -2.16. The minimum Gasteiger partial charge on any atom is -0.370 e. The number of carbonyl (C=O) groups excluding carboxylic acids is 1. The molecule has 0 radical (unpaired) electrons. The maximum absolute atomic E-state index is 13.5. The lowest BCUT2D eigenvalue weighted by atomic mass is 10.2. The van der Waals surface area contributed by atoms with Gasteiger partial charge in [-0.3, -0.25) is 4.79 Å². The summed E-state index contributed by atoms with van der Waals surface area (Å²) in [5.74, 6) is -0.507. The van der Waals surface area contributed by atoms with Crippen LogP contribution in [0, 0.1) is 5.82 Å². The van der Waals surface area contributed by atoms with Gasteiger partial charge in [-0.05, 0) is 30.7 Å². The number of nitrogens with one attached hydrogen (secondary N) is 2. The number of halogens is 2. The van der Waals surface area contributed by atoms with Gasteiger partial charge in [-0.2, -0.15) is 0 Å². The van der Waals surface area contributed by atoms with Crippen molar-refractivity contribution in [1.29, 1.82) is 0 Å². The number of anilines is 2. The molecule has 0 fully saturated rings. The fourth-order valence-corrected chi connectivity index (χ4v) is 1.89.